The molecule has 0 unspecified atom stereocenters. The Morgan fingerprint density at radius 2 is 1.95 bits per heavy atom. The van der Waals surface area contributed by atoms with Gasteiger partial charge in [0.2, 0.25) is 0 Å². The van der Waals surface area contributed by atoms with Crippen molar-refractivity contribution in [3.8, 4) is 6.07 Å². The summed E-state index contributed by atoms with van der Waals surface area (Å²) in [5, 5.41) is 9.46. The molecule has 102 valence electrons. The van der Waals surface area contributed by atoms with Crippen molar-refractivity contribution in [2.45, 2.75) is 16.1 Å². The van der Waals surface area contributed by atoms with Gasteiger partial charge in [0.1, 0.15) is 11.1 Å². The van der Waals surface area contributed by atoms with Gasteiger partial charge in [0.15, 0.2) is 0 Å². The number of rotatable bonds is 2. The second kappa shape index (κ2) is 5.85. The van der Waals surface area contributed by atoms with E-state index in [1.807, 2.05) is 6.07 Å². The molecule has 1 aromatic carbocycles. The molecule has 0 aliphatic rings. The van der Waals surface area contributed by atoms with Crippen molar-refractivity contribution in [3.63, 3.8) is 0 Å². The molecule has 0 spiro atoms. The Morgan fingerprint density at radius 3 is 2.50 bits per heavy atom. The zero-order chi connectivity index (χ0) is 14.8. The van der Waals surface area contributed by atoms with Crippen LogP contribution in [0.2, 0.25) is 0 Å². The summed E-state index contributed by atoms with van der Waals surface area (Å²) in [5.74, 6) is 0. The molecule has 2 aromatic rings. The number of nitrogens with zero attached hydrogens (tertiary/aromatic N) is 2. The summed E-state index contributed by atoms with van der Waals surface area (Å²) in [5.41, 5.74) is -0.365. The molecule has 0 radical (unpaired) electrons. The summed E-state index contributed by atoms with van der Waals surface area (Å²) in [6.45, 7) is 0. The molecule has 0 aliphatic carbocycles. The van der Waals surface area contributed by atoms with Crippen LogP contribution in [0.5, 0.6) is 0 Å². The van der Waals surface area contributed by atoms with Gasteiger partial charge >= 0.3 is 6.18 Å². The molecule has 20 heavy (non-hydrogen) atoms. The highest BCUT2D eigenvalue weighted by molar-refractivity contribution is 9.10. The van der Waals surface area contributed by atoms with Gasteiger partial charge in [-0.1, -0.05) is 17.8 Å². The molecular weight excluding hydrogens is 353 g/mol. The molecule has 0 saturated heterocycles. The third kappa shape index (κ3) is 3.32. The van der Waals surface area contributed by atoms with E-state index in [-0.39, 0.29) is 0 Å². The average molecular weight is 359 g/mol. The van der Waals surface area contributed by atoms with Gasteiger partial charge in [0, 0.05) is 15.6 Å². The highest BCUT2D eigenvalue weighted by Crippen LogP contribution is 2.34. The predicted molar refractivity (Wildman–Crippen MR) is 72.2 cm³/mol. The first-order chi connectivity index (χ1) is 9.41. The van der Waals surface area contributed by atoms with Gasteiger partial charge in [-0.2, -0.15) is 18.4 Å². The van der Waals surface area contributed by atoms with Crippen molar-refractivity contribution < 1.29 is 13.2 Å². The Hall–Kier alpha value is -1.52. The van der Waals surface area contributed by atoms with Gasteiger partial charge in [0.25, 0.3) is 0 Å². The van der Waals surface area contributed by atoms with E-state index in [0.717, 1.165) is 24.0 Å². The van der Waals surface area contributed by atoms with E-state index in [2.05, 4.69) is 20.9 Å². The van der Waals surface area contributed by atoms with E-state index in [1.54, 1.807) is 18.2 Å². The fourth-order valence-corrected chi connectivity index (χ4v) is 2.88. The van der Waals surface area contributed by atoms with Crippen LogP contribution in [0.3, 0.4) is 0 Å². The quantitative estimate of drug-likeness (QED) is 0.767. The standard InChI is InChI=1S/C13H6BrF3N2S/c14-10-2-1-3-11(9(10)6-18)20-12-5-4-8(7-19-12)13(15,16)17/h1-5,7H. The van der Waals surface area contributed by atoms with Gasteiger partial charge in [-0.3, -0.25) is 0 Å². The SMILES string of the molecule is N#Cc1c(Br)cccc1Sc1ccc(C(F)(F)F)cn1. The number of hydrogen-bond donors (Lipinski definition) is 0. The van der Waals surface area contributed by atoms with E-state index in [1.165, 1.54) is 6.07 Å². The molecule has 0 saturated carbocycles. The van der Waals surface area contributed by atoms with E-state index in [4.69, 9.17) is 5.26 Å². The fourth-order valence-electron chi connectivity index (χ4n) is 1.42. The van der Waals surface area contributed by atoms with E-state index in [9.17, 15) is 13.2 Å². The lowest BCUT2D eigenvalue weighted by Gasteiger charge is -2.07. The molecule has 1 heterocycles. The topological polar surface area (TPSA) is 36.7 Å². The Morgan fingerprint density at radius 1 is 1.20 bits per heavy atom. The Bertz CT molecular complexity index is 663. The van der Waals surface area contributed by atoms with Crippen molar-refractivity contribution in [3.05, 3.63) is 52.1 Å². The molecule has 1 aromatic heterocycles. The summed E-state index contributed by atoms with van der Waals surface area (Å²) in [6.07, 6.45) is -3.61. The lowest BCUT2D eigenvalue weighted by Crippen LogP contribution is -2.05. The van der Waals surface area contributed by atoms with Crippen LogP contribution in [0.15, 0.2) is 50.9 Å². The Balaban J connectivity index is 2.28. The third-order valence-corrected chi connectivity index (χ3v) is 4.04. The summed E-state index contributed by atoms with van der Waals surface area (Å²) >= 11 is 4.39. The number of halogens is 4. The van der Waals surface area contributed by atoms with Crippen LogP contribution < -0.4 is 0 Å². The number of hydrogen-bond acceptors (Lipinski definition) is 3. The third-order valence-electron chi connectivity index (χ3n) is 2.37. The minimum absolute atomic E-state index is 0.396. The maximum absolute atomic E-state index is 12.4. The van der Waals surface area contributed by atoms with Gasteiger partial charge < -0.3 is 0 Å². The fraction of sp³-hybridized carbons (Fsp3) is 0.0769. The number of alkyl halides is 3. The van der Waals surface area contributed by atoms with Crippen molar-refractivity contribution in [1.82, 2.24) is 4.98 Å². The second-order valence-electron chi connectivity index (χ2n) is 3.71. The molecular formula is C13H6BrF3N2S. The van der Waals surface area contributed by atoms with Crippen LogP contribution in [0.4, 0.5) is 13.2 Å². The maximum Gasteiger partial charge on any atom is 0.417 e. The maximum atomic E-state index is 12.4. The number of pyridine rings is 1. The first kappa shape index (κ1) is 14.9. The molecule has 7 heteroatoms. The Kier molecular flexibility index (Phi) is 4.35. The largest absolute Gasteiger partial charge is 0.417 e. The Labute approximate surface area is 125 Å². The first-order valence-electron chi connectivity index (χ1n) is 5.31. The van der Waals surface area contributed by atoms with Crippen LogP contribution >= 0.6 is 27.7 Å². The molecule has 2 rings (SSSR count). The van der Waals surface area contributed by atoms with Gasteiger partial charge in [-0.05, 0) is 40.2 Å². The van der Waals surface area contributed by atoms with Crippen molar-refractivity contribution >= 4 is 27.7 Å². The highest BCUT2D eigenvalue weighted by atomic mass is 79.9. The minimum Gasteiger partial charge on any atom is -0.249 e. The molecule has 0 N–H and O–H groups in total. The smallest absolute Gasteiger partial charge is 0.249 e. The molecule has 0 amide bonds. The number of nitriles is 1. The summed E-state index contributed by atoms with van der Waals surface area (Å²) < 4.78 is 37.9. The lowest BCUT2D eigenvalue weighted by molar-refractivity contribution is -0.137. The summed E-state index contributed by atoms with van der Waals surface area (Å²) in [6, 6.07) is 9.49. The second-order valence-corrected chi connectivity index (χ2v) is 5.63. The van der Waals surface area contributed by atoms with E-state index >= 15 is 0 Å². The van der Waals surface area contributed by atoms with Crippen molar-refractivity contribution in [2.24, 2.45) is 0 Å². The number of benzene rings is 1. The molecule has 2 nitrogen and oxygen atoms in total. The van der Waals surface area contributed by atoms with Crippen LogP contribution in [-0.4, -0.2) is 4.98 Å². The van der Waals surface area contributed by atoms with Crippen LogP contribution in [0.25, 0.3) is 0 Å². The number of aromatic nitrogens is 1. The van der Waals surface area contributed by atoms with Crippen LogP contribution in [0, 0.1) is 11.3 Å². The average Bonchev–Trinajstić information content (AvgIpc) is 2.38. The van der Waals surface area contributed by atoms with E-state index in [0.29, 0.717) is 20.0 Å². The minimum atomic E-state index is -4.40. The summed E-state index contributed by atoms with van der Waals surface area (Å²) in [4.78, 5) is 4.40. The molecule has 0 atom stereocenters. The normalized spacial score (nSPS) is 11.2. The first-order valence-corrected chi connectivity index (χ1v) is 6.92. The summed E-state index contributed by atoms with van der Waals surface area (Å²) in [7, 11) is 0. The van der Waals surface area contributed by atoms with Crippen LogP contribution in [0.1, 0.15) is 11.1 Å². The van der Waals surface area contributed by atoms with Gasteiger partial charge in [-0.15, -0.1) is 0 Å². The van der Waals surface area contributed by atoms with Crippen molar-refractivity contribution in [1.29, 1.82) is 5.26 Å². The van der Waals surface area contributed by atoms with Crippen LogP contribution in [-0.2, 0) is 6.18 Å². The van der Waals surface area contributed by atoms with Gasteiger partial charge in [-0.25, -0.2) is 4.98 Å². The lowest BCUT2D eigenvalue weighted by atomic mass is 10.2. The molecule has 0 bridgehead atoms. The zero-order valence-corrected chi connectivity index (χ0v) is 12.2. The predicted octanol–water partition coefficient (Wildman–Crippen LogP) is 4.89. The zero-order valence-electron chi connectivity index (χ0n) is 9.78. The van der Waals surface area contributed by atoms with E-state index < -0.39 is 11.7 Å². The molecule has 0 aliphatic heterocycles. The monoisotopic (exact) mass is 358 g/mol. The molecule has 0 fully saturated rings. The highest BCUT2D eigenvalue weighted by Gasteiger charge is 2.30. The van der Waals surface area contributed by atoms with Crippen molar-refractivity contribution in [2.75, 3.05) is 0 Å². The van der Waals surface area contributed by atoms with Gasteiger partial charge in [0.05, 0.1) is 11.1 Å².